The predicted molar refractivity (Wildman–Crippen MR) is 87.0 cm³/mol. The summed E-state index contributed by atoms with van der Waals surface area (Å²) in [7, 11) is 0. The van der Waals surface area contributed by atoms with Crippen LogP contribution in [0.1, 0.15) is 34.7 Å². The van der Waals surface area contributed by atoms with Crippen molar-refractivity contribution in [2.75, 3.05) is 25.1 Å². The minimum atomic E-state index is -0.304. The molecule has 1 N–H and O–H groups in total. The van der Waals surface area contributed by atoms with E-state index in [1.165, 1.54) is 0 Å². The largest absolute Gasteiger partial charge is 0.376 e. The number of hydrogen-bond acceptors (Lipinski definition) is 6. The summed E-state index contributed by atoms with van der Waals surface area (Å²) in [4.78, 5) is 16.6. The van der Waals surface area contributed by atoms with Gasteiger partial charge in [-0.15, -0.1) is 5.10 Å². The van der Waals surface area contributed by atoms with Crippen LogP contribution in [0, 0.1) is 13.8 Å². The Bertz CT molecular complexity index is 730. The maximum absolute atomic E-state index is 12.4. The van der Waals surface area contributed by atoms with Gasteiger partial charge in [-0.1, -0.05) is 5.21 Å². The van der Waals surface area contributed by atoms with E-state index in [0.29, 0.717) is 19.8 Å². The van der Waals surface area contributed by atoms with Gasteiger partial charge in [0.05, 0.1) is 19.4 Å². The highest BCUT2D eigenvalue weighted by molar-refractivity contribution is 6.03. The summed E-state index contributed by atoms with van der Waals surface area (Å²) >= 11 is 0. The van der Waals surface area contributed by atoms with Crippen LogP contribution in [0.4, 0.5) is 5.69 Å². The summed E-state index contributed by atoms with van der Waals surface area (Å²) in [5.74, 6) is -0.304. The quantitative estimate of drug-likeness (QED) is 0.893. The third-order valence-corrected chi connectivity index (χ3v) is 3.95. The second-order valence-corrected chi connectivity index (χ2v) is 5.78. The van der Waals surface area contributed by atoms with Crippen LogP contribution in [0.5, 0.6) is 0 Å². The van der Waals surface area contributed by atoms with E-state index in [9.17, 15) is 4.79 Å². The molecule has 1 fully saturated rings. The molecule has 0 spiro atoms. The second-order valence-electron chi connectivity index (χ2n) is 5.78. The molecule has 1 aliphatic rings. The minimum Gasteiger partial charge on any atom is -0.376 e. The number of aryl methyl sites for hydroxylation is 2. The average molecular weight is 331 g/mol. The molecule has 8 heteroatoms. The van der Waals surface area contributed by atoms with Crippen molar-refractivity contribution >= 4 is 11.6 Å². The lowest BCUT2D eigenvalue weighted by atomic mass is 10.2. The zero-order valence-corrected chi connectivity index (χ0v) is 14.0. The molecule has 1 saturated heterocycles. The molecule has 128 valence electrons. The molecule has 3 rings (SSSR count). The lowest BCUT2D eigenvalue weighted by Crippen LogP contribution is -2.26. The average Bonchev–Trinajstić information content (AvgIpc) is 3.20. The van der Waals surface area contributed by atoms with Gasteiger partial charge in [0, 0.05) is 24.2 Å². The molecule has 3 heterocycles. The standard InChI is InChI=1S/C16H21N5O3/c1-4-24-15-9-23-8-14(15)21-7-13(19-20-21)16(22)18-12-5-11(3)17-6-10(12)2/h5-7,14-15H,4,8-9H2,1-3H3,(H,17,18,22)/t14-,15-/m1/s1. The van der Waals surface area contributed by atoms with Crippen LogP contribution in [0.3, 0.4) is 0 Å². The third kappa shape index (κ3) is 3.44. The zero-order valence-electron chi connectivity index (χ0n) is 14.0. The van der Waals surface area contributed by atoms with Crippen LogP contribution < -0.4 is 5.32 Å². The van der Waals surface area contributed by atoms with Gasteiger partial charge < -0.3 is 14.8 Å². The first-order valence-corrected chi connectivity index (χ1v) is 7.94. The fraction of sp³-hybridized carbons (Fsp3) is 0.500. The molecule has 2 aromatic rings. The van der Waals surface area contributed by atoms with Gasteiger partial charge in [-0.25, -0.2) is 4.68 Å². The normalized spacial score (nSPS) is 20.3. The van der Waals surface area contributed by atoms with Crippen molar-refractivity contribution < 1.29 is 14.3 Å². The molecule has 2 aromatic heterocycles. The fourth-order valence-corrected chi connectivity index (χ4v) is 2.64. The van der Waals surface area contributed by atoms with Crippen LogP contribution in [0.25, 0.3) is 0 Å². The van der Waals surface area contributed by atoms with Crippen LogP contribution >= 0.6 is 0 Å². The van der Waals surface area contributed by atoms with E-state index in [1.54, 1.807) is 17.1 Å². The first kappa shape index (κ1) is 16.5. The van der Waals surface area contributed by atoms with Crippen LogP contribution in [0.15, 0.2) is 18.5 Å². The number of ether oxygens (including phenoxy) is 2. The summed E-state index contributed by atoms with van der Waals surface area (Å²) in [5.41, 5.74) is 2.70. The summed E-state index contributed by atoms with van der Waals surface area (Å²) in [6.45, 7) is 7.33. The Morgan fingerprint density at radius 1 is 1.46 bits per heavy atom. The molecular formula is C16H21N5O3. The molecule has 0 aliphatic carbocycles. The fourth-order valence-electron chi connectivity index (χ4n) is 2.64. The predicted octanol–water partition coefficient (Wildman–Crippen LogP) is 1.52. The van der Waals surface area contributed by atoms with Gasteiger partial charge in [0.2, 0.25) is 0 Å². The number of rotatable bonds is 5. The second kappa shape index (κ2) is 7.06. The van der Waals surface area contributed by atoms with Crippen molar-refractivity contribution in [1.82, 2.24) is 20.0 Å². The Balaban J connectivity index is 1.73. The van der Waals surface area contributed by atoms with E-state index in [2.05, 4.69) is 20.6 Å². The number of carbonyl (C=O) groups is 1. The number of amides is 1. The van der Waals surface area contributed by atoms with E-state index in [1.807, 2.05) is 26.8 Å². The Morgan fingerprint density at radius 2 is 2.29 bits per heavy atom. The molecule has 0 radical (unpaired) electrons. The summed E-state index contributed by atoms with van der Waals surface area (Å²) in [6.07, 6.45) is 3.28. The van der Waals surface area contributed by atoms with Crippen molar-refractivity contribution in [3.8, 4) is 0 Å². The first-order chi connectivity index (χ1) is 11.6. The van der Waals surface area contributed by atoms with Crippen LogP contribution in [-0.2, 0) is 9.47 Å². The number of hydrogen-bond donors (Lipinski definition) is 1. The number of aromatic nitrogens is 4. The van der Waals surface area contributed by atoms with Gasteiger partial charge in [0.1, 0.15) is 12.1 Å². The maximum atomic E-state index is 12.4. The molecule has 24 heavy (non-hydrogen) atoms. The zero-order chi connectivity index (χ0) is 17.1. The molecular weight excluding hydrogens is 310 g/mol. The van der Waals surface area contributed by atoms with Crippen molar-refractivity contribution in [1.29, 1.82) is 0 Å². The maximum Gasteiger partial charge on any atom is 0.277 e. The smallest absolute Gasteiger partial charge is 0.277 e. The molecule has 1 aliphatic heterocycles. The number of nitrogens with zero attached hydrogens (tertiary/aromatic N) is 4. The van der Waals surface area contributed by atoms with Crippen molar-refractivity contribution in [2.24, 2.45) is 0 Å². The molecule has 0 saturated carbocycles. The van der Waals surface area contributed by atoms with Gasteiger partial charge >= 0.3 is 0 Å². The molecule has 2 atom stereocenters. The Kier molecular flexibility index (Phi) is 4.86. The monoisotopic (exact) mass is 331 g/mol. The molecule has 8 nitrogen and oxygen atoms in total. The Labute approximate surface area is 140 Å². The van der Waals surface area contributed by atoms with Gasteiger partial charge in [0.15, 0.2) is 5.69 Å². The van der Waals surface area contributed by atoms with Gasteiger partial charge in [0.25, 0.3) is 5.91 Å². The highest BCUT2D eigenvalue weighted by Gasteiger charge is 2.31. The van der Waals surface area contributed by atoms with Crippen molar-refractivity contribution in [3.63, 3.8) is 0 Å². The topological polar surface area (TPSA) is 91.2 Å². The van der Waals surface area contributed by atoms with Crippen molar-refractivity contribution in [2.45, 2.75) is 32.9 Å². The van der Waals surface area contributed by atoms with E-state index in [0.717, 1.165) is 16.9 Å². The van der Waals surface area contributed by atoms with Crippen LogP contribution in [-0.4, -0.2) is 51.8 Å². The highest BCUT2D eigenvalue weighted by Crippen LogP contribution is 2.22. The highest BCUT2D eigenvalue weighted by atomic mass is 16.5. The molecule has 0 aromatic carbocycles. The first-order valence-electron chi connectivity index (χ1n) is 7.94. The summed E-state index contributed by atoms with van der Waals surface area (Å²) in [5, 5.41) is 10.9. The molecule has 0 unspecified atom stereocenters. The van der Waals surface area contributed by atoms with Gasteiger partial charge in [-0.3, -0.25) is 9.78 Å². The minimum absolute atomic E-state index is 0.0658. The van der Waals surface area contributed by atoms with Gasteiger partial charge in [-0.05, 0) is 32.4 Å². The molecule has 1 amide bonds. The van der Waals surface area contributed by atoms with Crippen molar-refractivity contribution in [3.05, 3.63) is 35.4 Å². The number of nitrogens with one attached hydrogen (secondary N) is 1. The third-order valence-electron chi connectivity index (χ3n) is 3.95. The van der Waals surface area contributed by atoms with Gasteiger partial charge in [-0.2, -0.15) is 0 Å². The van der Waals surface area contributed by atoms with E-state index in [-0.39, 0.29) is 23.7 Å². The number of anilines is 1. The molecule has 0 bridgehead atoms. The van der Waals surface area contributed by atoms with E-state index in [4.69, 9.17) is 9.47 Å². The van der Waals surface area contributed by atoms with Crippen LogP contribution in [0.2, 0.25) is 0 Å². The lowest BCUT2D eigenvalue weighted by molar-refractivity contribution is 0.0340. The summed E-state index contributed by atoms with van der Waals surface area (Å²) in [6, 6.07) is 1.76. The SMILES string of the molecule is CCO[C@@H]1COC[C@H]1n1cc(C(=O)Nc2cc(C)ncc2C)nn1. The van der Waals surface area contributed by atoms with E-state index < -0.39 is 0 Å². The lowest BCUT2D eigenvalue weighted by Gasteiger charge is -2.16. The Morgan fingerprint density at radius 3 is 3.08 bits per heavy atom. The Hall–Kier alpha value is -2.32. The van der Waals surface area contributed by atoms with E-state index >= 15 is 0 Å². The summed E-state index contributed by atoms with van der Waals surface area (Å²) < 4.78 is 12.7. The number of carbonyl (C=O) groups excluding carboxylic acids is 1. The number of pyridine rings is 1.